The fourth-order valence-electron chi connectivity index (χ4n) is 1.77. The highest BCUT2D eigenvalue weighted by Crippen LogP contribution is 2.32. The average molecular weight is 277 g/mol. The van der Waals surface area contributed by atoms with Gasteiger partial charge >= 0.3 is 5.69 Å². The maximum atomic E-state index is 11.4. The number of aryl methyl sites for hydroxylation is 1. The zero-order valence-corrected chi connectivity index (χ0v) is 11.3. The topological polar surface area (TPSA) is 50.7 Å². The van der Waals surface area contributed by atoms with E-state index in [0.29, 0.717) is 6.54 Å². The number of thiophene rings is 2. The van der Waals surface area contributed by atoms with Gasteiger partial charge in [0.2, 0.25) is 0 Å². The lowest BCUT2D eigenvalue weighted by Crippen LogP contribution is -2.16. The molecule has 0 bridgehead atoms. The quantitative estimate of drug-likeness (QED) is 0.800. The predicted octanol–water partition coefficient (Wildman–Crippen LogP) is 2.72. The summed E-state index contributed by atoms with van der Waals surface area (Å²) in [6.45, 7) is 2.69. The molecule has 3 aromatic rings. The van der Waals surface area contributed by atoms with Gasteiger partial charge in [-0.15, -0.1) is 11.3 Å². The third-order valence-corrected chi connectivity index (χ3v) is 4.69. The largest absolute Gasteiger partial charge is 0.343 e. The minimum atomic E-state index is -0.170. The van der Waals surface area contributed by atoms with E-state index < -0.39 is 0 Å². The van der Waals surface area contributed by atoms with Crippen molar-refractivity contribution in [1.29, 1.82) is 0 Å². The molecule has 0 fully saturated rings. The molecule has 0 spiro atoms. The molecule has 0 unspecified atom stereocenters. The van der Waals surface area contributed by atoms with Crippen LogP contribution in [0.15, 0.2) is 34.0 Å². The highest BCUT2D eigenvalue weighted by molar-refractivity contribution is 7.16. The van der Waals surface area contributed by atoms with Crippen molar-refractivity contribution >= 4 is 22.7 Å². The van der Waals surface area contributed by atoms with Crippen LogP contribution in [0.3, 0.4) is 0 Å². The minimum absolute atomic E-state index is 0.170. The van der Waals surface area contributed by atoms with Crippen LogP contribution in [0, 0.1) is 6.92 Å². The van der Waals surface area contributed by atoms with E-state index in [1.807, 2.05) is 0 Å². The van der Waals surface area contributed by atoms with Crippen LogP contribution in [0.2, 0.25) is 0 Å². The molecule has 92 valence electrons. The molecule has 0 aliphatic rings. The summed E-state index contributed by atoms with van der Waals surface area (Å²) in [5, 5.41) is 10.4. The summed E-state index contributed by atoms with van der Waals surface area (Å²) < 4.78 is 1.57. The van der Waals surface area contributed by atoms with Crippen molar-refractivity contribution in [2.45, 2.75) is 13.5 Å². The van der Waals surface area contributed by atoms with Gasteiger partial charge in [-0.3, -0.25) is 4.57 Å². The fraction of sp³-hybridized carbons (Fsp3) is 0.167. The smallest absolute Gasteiger partial charge is 0.276 e. The first-order valence-electron chi connectivity index (χ1n) is 5.46. The Kier molecular flexibility index (Phi) is 2.89. The van der Waals surface area contributed by atoms with Crippen molar-refractivity contribution in [2.75, 3.05) is 0 Å². The molecule has 0 aliphatic carbocycles. The Labute approximate surface area is 112 Å². The Morgan fingerprint density at radius 2 is 2.28 bits per heavy atom. The Morgan fingerprint density at radius 1 is 1.39 bits per heavy atom. The number of nitrogens with zero attached hydrogens (tertiary/aromatic N) is 2. The molecule has 0 aliphatic heterocycles. The lowest BCUT2D eigenvalue weighted by Gasteiger charge is -1.96. The molecular weight excluding hydrogens is 266 g/mol. The number of aromatic amines is 1. The van der Waals surface area contributed by atoms with Crippen molar-refractivity contribution in [3.8, 4) is 10.4 Å². The first kappa shape index (κ1) is 11.4. The molecule has 0 amide bonds. The van der Waals surface area contributed by atoms with Crippen molar-refractivity contribution in [3.05, 3.63) is 50.1 Å². The Bertz CT molecular complexity index is 719. The highest BCUT2D eigenvalue weighted by atomic mass is 32.1. The van der Waals surface area contributed by atoms with E-state index in [1.54, 1.807) is 27.2 Å². The average Bonchev–Trinajstić information content (AvgIpc) is 3.03. The molecule has 0 radical (unpaired) electrons. The summed E-state index contributed by atoms with van der Waals surface area (Å²) in [5.41, 5.74) is 2.42. The zero-order chi connectivity index (χ0) is 12.5. The van der Waals surface area contributed by atoms with Crippen LogP contribution in [0.1, 0.15) is 10.4 Å². The molecule has 4 nitrogen and oxygen atoms in total. The number of rotatable bonds is 3. The van der Waals surface area contributed by atoms with Gasteiger partial charge in [0.1, 0.15) is 6.33 Å². The molecule has 18 heavy (non-hydrogen) atoms. The van der Waals surface area contributed by atoms with Gasteiger partial charge in [-0.05, 0) is 35.4 Å². The van der Waals surface area contributed by atoms with Gasteiger partial charge in [-0.1, -0.05) is 0 Å². The van der Waals surface area contributed by atoms with Crippen molar-refractivity contribution in [2.24, 2.45) is 0 Å². The maximum absolute atomic E-state index is 11.4. The Balaban J connectivity index is 1.89. The zero-order valence-electron chi connectivity index (χ0n) is 9.71. The van der Waals surface area contributed by atoms with Crippen LogP contribution in [0.4, 0.5) is 0 Å². The second-order valence-corrected chi connectivity index (χ2v) is 5.94. The molecule has 1 N–H and O–H groups in total. The summed E-state index contributed by atoms with van der Waals surface area (Å²) in [6, 6.07) is 4.18. The second-order valence-electron chi connectivity index (χ2n) is 4.02. The molecule has 0 atom stereocenters. The van der Waals surface area contributed by atoms with Crippen LogP contribution in [0.5, 0.6) is 0 Å². The SMILES string of the molecule is Cc1cscc1-c1ccc(Cn2cn[nH]c2=O)s1. The third-order valence-electron chi connectivity index (χ3n) is 2.73. The van der Waals surface area contributed by atoms with E-state index in [4.69, 9.17) is 0 Å². The van der Waals surface area contributed by atoms with E-state index in [9.17, 15) is 4.79 Å². The third kappa shape index (κ3) is 2.04. The molecule has 0 saturated carbocycles. The van der Waals surface area contributed by atoms with Gasteiger partial charge in [0.25, 0.3) is 0 Å². The summed E-state index contributed by atoms with van der Waals surface area (Å²) in [4.78, 5) is 13.8. The lowest BCUT2D eigenvalue weighted by molar-refractivity contribution is 0.772. The molecule has 3 aromatic heterocycles. The summed E-state index contributed by atoms with van der Waals surface area (Å²) in [6.07, 6.45) is 1.53. The van der Waals surface area contributed by atoms with Gasteiger partial charge in [0, 0.05) is 15.3 Å². The first-order valence-corrected chi connectivity index (χ1v) is 7.21. The maximum Gasteiger partial charge on any atom is 0.343 e. The summed E-state index contributed by atoms with van der Waals surface area (Å²) in [5.74, 6) is 0. The standard InChI is InChI=1S/C12H11N3OS2/c1-8-5-17-6-10(8)11-3-2-9(18-11)4-15-7-13-14-12(15)16/h2-3,5-7H,4H2,1H3,(H,14,16). The number of hydrogen-bond donors (Lipinski definition) is 1. The van der Waals surface area contributed by atoms with E-state index in [-0.39, 0.29) is 5.69 Å². The highest BCUT2D eigenvalue weighted by Gasteiger charge is 2.07. The molecule has 3 rings (SSSR count). The van der Waals surface area contributed by atoms with Crippen molar-refractivity contribution in [3.63, 3.8) is 0 Å². The van der Waals surface area contributed by atoms with Crippen LogP contribution < -0.4 is 5.69 Å². The van der Waals surface area contributed by atoms with Gasteiger partial charge in [0.05, 0.1) is 6.54 Å². The van der Waals surface area contributed by atoms with Gasteiger partial charge in [-0.2, -0.15) is 16.4 Å². The fourth-order valence-corrected chi connectivity index (χ4v) is 3.78. The molecule has 0 saturated heterocycles. The van der Waals surface area contributed by atoms with Gasteiger partial charge < -0.3 is 0 Å². The molecule has 3 heterocycles. The second kappa shape index (κ2) is 4.55. The van der Waals surface area contributed by atoms with E-state index in [2.05, 4.69) is 40.0 Å². The van der Waals surface area contributed by atoms with E-state index in [1.165, 1.54) is 22.3 Å². The van der Waals surface area contributed by atoms with E-state index in [0.717, 1.165) is 4.88 Å². The van der Waals surface area contributed by atoms with Crippen LogP contribution in [-0.4, -0.2) is 14.8 Å². The van der Waals surface area contributed by atoms with Crippen LogP contribution >= 0.6 is 22.7 Å². The van der Waals surface area contributed by atoms with Gasteiger partial charge in [-0.25, -0.2) is 9.89 Å². The minimum Gasteiger partial charge on any atom is -0.276 e. The number of hydrogen-bond acceptors (Lipinski definition) is 4. The van der Waals surface area contributed by atoms with Crippen molar-refractivity contribution < 1.29 is 0 Å². The number of aromatic nitrogens is 3. The van der Waals surface area contributed by atoms with Crippen LogP contribution in [0.25, 0.3) is 10.4 Å². The normalized spacial score (nSPS) is 10.9. The molecule has 6 heteroatoms. The summed E-state index contributed by atoms with van der Waals surface area (Å²) in [7, 11) is 0. The van der Waals surface area contributed by atoms with Crippen molar-refractivity contribution in [1.82, 2.24) is 14.8 Å². The summed E-state index contributed by atoms with van der Waals surface area (Å²) >= 11 is 3.43. The van der Waals surface area contributed by atoms with E-state index >= 15 is 0 Å². The molecule has 0 aromatic carbocycles. The lowest BCUT2D eigenvalue weighted by atomic mass is 10.2. The monoisotopic (exact) mass is 277 g/mol. The number of nitrogens with one attached hydrogen (secondary N) is 1. The molecular formula is C12H11N3OS2. The number of H-pyrrole nitrogens is 1. The van der Waals surface area contributed by atoms with Crippen LogP contribution in [-0.2, 0) is 6.54 Å². The van der Waals surface area contributed by atoms with Gasteiger partial charge in [0.15, 0.2) is 0 Å². The predicted molar refractivity (Wildman–Crippen MR) is 74.3 cm³/mol. The Hall–Kier alpha value is -1.66. The first-order chi connectivity index (χ1) is 8.74. The Morgan fingerprint density at radius 3 is 2.94 bits per heavy atom.